The molecule has 4 atom stereocenters. The summed E-state index contributed by atoms with van der Waals surface area (Å²) >= 11 is 0. The lowest BCUT2D eigenvalue weighted by Crippen LogP contribution is -2.47. The highest BCUT2D eigenvalue weighted by molar-refractivity contribution is 5.81. The quantitative estimate of drug-likeness (QED) is 0.726. The molecule has 0 radical (unpaired) electrons. The molecule has 27 heavy (non-hydrogen) atoms. The van der Waals surface area contributed by atoms with E-state index in [0.29, 0.717) is 12.0 Å². The number of hydrogen-bond donors (Lipinski definition) is 0. The summed E-state index contributed by atoms with van der Waals surface area (Å²) in [4.78, 5) is 2.81. The Morgan fingerprint density at radius 1 is 1.07 bits per heavy atom. The number of benzene rings is 1. The van der Waals surface area contributed by atoms with E-state index >= 15 is 0 Å². The van der Waals surface area contributed by atoms with Gasteiger partial charge in [0.15, 0.2) is 0 Å². The van der Waals surface area contributed by atoms with Gasteiger partial charge in [0.1, 0.15) is 0 Å². The maximum Gasteiger partial charge on any atom is 0.0685 e. The molecule has 2 bridgehead atoms. The zero-order valence-corrected chi connectivity index (χ0v) is 16.8. The first-order chi connectivity index (χ1) is 13.2. The molecule has 1 aromatic carbocycles. The molecule has 3 heterocycles. The van der Waals surface area contributed by atoms with Crippen molar-refractivity contribution in [2.45, 2.75) is 77.1 Å². The molecule has 4 nitrogen and oxygen atoms in total. The van der Waals surface area contributed by atoms with E-state index in [1.165, 1.54) is 56.0 Å². The molecule has 5 rings (SSSR count). The SMILES string of the molecule is Cc1nn(C[C@H](C)CN2[C@@H]3CC[C@H]2C[C@@H](OCC2CC2)C3)c2ccccc12. The molecule has 2 aromatic rings. The van der Waals surface area contributed by atoms with Crippen molar-refractivity contribution in [1.29, 1.82) is 0 Å². The van der Waals surface area contributed by atoms with Gasteiger partial charge in [-0.15, -0.1) is 0 Å². The van der Waals surface area contributed by atoms with Crippen molar-refractivity contribution in [3.8, 4) is 0 Å². The summed E-state index contributed by atoms with van der Waals surface area (Å²) in [7, 11) is 0. The van der Waals surface area contributed by atoms with Crippen LogP contribution in [0.5, 0.6) is 0 Å². The molecular formula is C23H33N3O. The largest absolute Gasteiger partial charge is 0.378 e. The standard InChI is InChI=1S/C23H33N3O/c1-16(14-26-23-6-4-3-5-22(23)17(2)24-26)13-25-19-9-10-20(25)12-21(11-19)27-15-18-7-8-18/h3-6,16,18-21H,7-15H2,1-2H3/t16-,19-,20+,21+/m1/s1. The van der Waals surface area contributed by atoms with Crippen molar-refractivity contribution in [2.24, 2.45) is 11.8 Å². The molecule has 1 aliphatic carbocycles. The van der Waals surface area contributed by atoms with Gasteiger partial charge in [0, 0.05) is 37.2 Å². The summed E-state index contributed by atoms with van der Waals surface area (Å²) < 4.78 is 8.47. The summed E-state index contributed by atoms with van der Waals surface area (Å²) in [6.45, 7) is 7.73. The summed E-state index contributed by atoms with van der Waals surface area (Å²) in [6, 6.07) is 10.1. The minimum Gasteiger partial charge on any atom is -0.378 e. The summed E-state index contributed by atoms with van der Waals surface area (Å²) in [6.07, 6.45) is 8.54. The Hall–Kier alpha value is -1.39. The average molecular weight is 368 g/mol. The lowest BCUT2D eigenvalue weighted by atomic mass is 9.98. The van der Waals surface area contributed by atoms with E-state index in [4.69, 9.17) is 9.84 Å². The third-order valence-corrected chi connectivity index (χ3v) is 6.96. The lowest BCUT2D eigenvalue weighted by molar-refractivity contribution is -0.0276. The van der Waals surface area contributed by atoms with Gasteiger partial charge in [-0.1, -0.05) is 25.1 Å². The van der Waals surface area contributed by atoms with Crippen LogP contribution in [0.1, 0.15) is 51.1 Å². The number of aryl methyl sites for hydroxylation is 1. The molecule has 1 saturated carbocycles. The summed E-state index contributed by atoms with van der Waals surface area (Å²) in [5.41, 5.74) is 2.42. The predicted molar refractivity (Wildman–Crippen MR) is 109 cm³/mol. The average Bonchev–Trinajstić information content (AvgIpc) is 3.41. The third-order valence-electron chi connectivity index (χ3n) is 6.96. The van der Waals surface area contributed by atoms with Crippen molar-refractivity contribution < 1.29 is 4.74 Å². The van der Waals surface area contributed by atoms with Crippen LogP contribution in [0.3, 0.4) is 0 Å². The zero-order chi connectivity index (χ0) is 18.4. The van der Waals surface area contributed by atoms with Crippen LogP contribution in [0.25, 0.3) is 10.9 Å². The number of rotatable bonds is 7. The molecule has 0 spiro atoms. The van der Waals surface area contributed by atoms with Crippen molar-refractivity contribution in [2.75, 3.05) is 13.2 Å². The van der Waals surface area contributed by atoms with Crippen LogP contribution in [0.4, 0.5) is 0 Å². The number of para-hydroxylation sites is 1. The van der Waals surface area contributed by atoms with E-state index in [2.05, 4.69) is 47.7 Å². The number of ether oxygens (including phenoxy) is 1. The summed E-state index contributed by atoms with van der Waals surface area (Å²) in [5.74, 6) is 1.49. The maximum absolute atomic E-state index is 6.25. The Morgan fingerprint density at radius 2 is 1.81 bits per heavy atom. The highest BCUT2D eigenvalue weighted by Gasteiger charge is 2.41. The molecule has 3 fully saturated rings. The van der Waals surface area contributed by atoms with Crippen LogP contribution < -0.4 is 0 Å². The predicted octanol–water partition coefficient (Wildman–Crippen LogP) is 4.40. The molecule has 1 aromatic heterocycles. The first kappa shape index (κ1) is 17.7. The number of nitrogens with zero attached hydrogens (tertiary/aromatic N) is 3. The third kappa shape index (κ3) is 3.66. The van der Waals surface area contributed by atoms with Crippen LogP contribution in [-0.2, 0) is 11.3 Å². The fourth-order valence-electron chi connectivity index (χ4n) is 5.36. The zero-order valence-electron chi connectivity index (χ0n) is 16.8. The van der Waals surface area contributed by atoms with E-state index in [1.54, 1.807) is 0 Å². The summed E-state index contributed by atoms with van der Waals surface area (Å²) in [5, 5.41) is 6.10. The van der Waals surface area contributed by atoms with Gasteiger partial charge < -0.3 is 4.74 Å². The van der Waals surface area contributed by atoms with E-state index in [9.17, 15) is 0 Å². The first-order valence-corrected chi connectivity index (χ1v) is 11.0. The Labute approximate surface area is 162 Å². The molecule has 3 aliphatic rings. The van der Waals surface area contributed by atoms with Gasteiger partial charge in [0.05, 0.1) is 17.3 Å². The second-order valence-electron chi connectivity index (χ2n) is 9.34. The fraction of sp³-hybridized carbons (Fsp3) is 0.696. The topological polar surface area (TPSA) is 30.3 Å². The second-order valence-corrected chi connectivity index (χ2v) is 9.34. The van der Waals surface area contributed by atoms with Gasteiger partial charge in [-0.25, -0.2) is 0 Å². The van der Waals surface area contributed by atoms with Crippen LogP contribution in [-0.4, -0.2) is 46.0 Å². The fourth-order valence-corrected chi connectivity index (χ4v) is 5.36. The van der Waals surface area contributed by atoms with Crippen LogP contribution in [0.15, 0.2) is 24.3 Å². The van der Waals surface area contributed by atoms with Gasteiger partial charge >= 0.3 is 0 Å². The molecule has 2 saturated heterocycles. The van der Waals surface area contributed by atoms with Gasteiger partial charge in [-0.3, -0.25) is 9.58 Å². The Balaban J connectivity index is 1.20. The van der Waals surface area contributed by atoms with Crippen molar-refractivity contribution >= 4 is 10.9 Å². The maximum atomic E-state index is 6.25. The van der Waals surface area contributed by atoms with Crippen LogP contribution in [0, 0.1) is 18.8 Å². The van der Waals surface area contributed by atoms with Crippen LogP contribution in [0.2, 0.25) is 0 Å². The Kier molecular flexibility index (Phi) is 4.73. The molecule has 4 heteroatoms. The first-order valence-electron chi connectivity index (χ1n) is 11.0. The Morgan fingerprint density at radius 3 is 2.56 bits per heavy atom. The molecular weight excluding hydrogens is 334 g/mol. The Bertz CT molecular complexity index is 782. The minimum atomic E-state index is 0.521. The van der Waals surface area contributed by atoms with Gasteiger partial charge in [0.2, 0.25) is 0 Å². The number of piperidine rings is 1. The monoisotopic (exact) mass is 367 g/mol. The van der Waals surface area contributed by atoms with E-state index in [1.807, 2.05) is 0 Å². The number of aromatic nitrogens is 2. The second kappa shape index (κ2) is 7.21. The van der Waals surface area contributed by atoms with Crippen molar-refractivity contribution in [3.63, 3.8) is 0 Å². The van der Waals surface area contributed by atoms with E-state index in [0.717, 1.165) is 36.8 Å². The minimum absolute atomic E-state index is 0.521. The van der Waals surface area contributed by atoms with Gasteiger partial charge in [-0.2, -0.15) is 5.10 Å². The molecule has 0 N–H and O–H groups in total. The molecule has 146 valence electrons. The highest BCUT2D eigenvalue weighted by Crippen LogP contribution is 2.38. The number of hydrogen-bond acceptors (Lipinski definition) is 3. The van der Waals surface area contributed by atoms with Crippen LogP contribution >= 0.6 is 0 Å². The van der Waals surface area contributed by atoms with Crippen molar-refractivity contribution in [1.82, 2.24) is 14.7 Å². The normalized spacial score (nSPS) is 29.5. The van der Waals surface area contributed by atoms with Crippen molar-refractivity contribution in [3.05, 3.63) is 30.0 Å². The highest BCUT2D eigenvalue weighted by atomic mass is 16.5. The van der Waals surface area contributed by atoms with E-state index < -0.39 is 0 Å². The molecule has 0 unspecified atom stereocenters. The van der Waals surface area contributed by atoms with Gasteiger partial charge in [-0.05, 0) is 63.4 Å². The lowest BCUT2D eigenvalue weighted by Gasteiger charge is -2.40. The molecule has 0 amide bonds. The van der Waals surface area contributed by atoms with Gasteiger partial charge in [0.25, 0.3) is 0 Å². The van der Waals surface area contributed by atoms with E-state index in [-0.39, 0.29) is 0 Å². The smallest absolute Gasteiger partial charge is 0.0685 e. The molecule has 2 aliphatic heterocycles. The number of fused-ring (bicyclic) bond motifs is 3.